The van der Waals surface area contributed by atoms with E-state index in [9.17, 15) is 13.2 Å². The zero-order valence-electron chi connectivity index (χ0n) is 15.6. The van der Waals surface area contributed by atoms with Crippen LogP contribution in [0.1, 0.15) is 52.0 Å². The third-order valence-corrected chi connectivity index (χ3v) is 6.10. The minimum absolute atomic E-state index is 0. The van der Waals surface area contributed by atoms with E-state index in [0.29, 0.717) is 12.0 Å². The van der Waals surface area contributed by atoms with Gasteiger partial charge in [0.25, 0.3) is 0 Å². The Morgan fingerprint density at radius 3 is 2.50 bits per heavy atom. The quantitative estimate of drug-likeness (QED) is 0.702. The van der Waals surface area contributed by atoms with Crippen LogP contribution >= 0.6 is 12.4 Å². The molecule has 1 aromatic carbocycles. The van der Waals surface area contributed by atoms with Gasteiger partial charge in [0.05, 0.1) is 4.90 Å². The van der Waals surface area contributed by atoms with Gasteiger partial charge in [-0.25, -0.2) is 13.1 Å². The number of hydrogen-bond donors (Lipinski definition) is 3. The van der Waals surface area contributed by atoms with Crippen molar-refractivity contribution in [2.45, 2.75) is 69.5 Å². The maximum Gasteiger partial charge on any atom is 0.241 e. The van der Waals surface area contributed by atoms with Crippen LogP contribution in [0.25, 0.3) is 0 Å². The summed E-state index contributed by atoms with van der Waals surface area (Å²) in [6.45, 7) is 5.57. The molecule has 8 heteroatoms. The molecule has 2 unspecified atom stereocenters. The van der Waals surface area contributed by atoms with E-state index in [0.717, 1.165) is 19.3 Å². The molecule has 0 heterocycles. The van der Waals surface area contributed by atoms with Gasteiger partial charge >= 0.3 is 0 Å². The normalized spacial score (nSPS) is 20.9. The molecule has 4 N–H and O–H groups in total. The number of rotatable bonds is 5. The molecule has 6 nitrogen and oxygen atoms in total. The number of hydrogen-bond acceptors (Lipinski definition) is 4. The predicted molar refractivity (Wildman–Crippen MR) is 106 cm³/mol. The van der Waals surface area contributed by atoms with Gasteiger partial charge in [-0.3, -0.25) is 4.79 Å². The second-order valence-electron chi connectivity index (χ2n) is 7.80. The minimum Gasteiger partial charge on any atom is -0.352 e. The Hall–Kier alpha value is -1.15. The first-order valence-electron chi connectivity index (χ1n) is 8.74. The van der Waals surface area contributed by atoms with Crippen LogP contribution in [0.3, 0.4) is 0 Å². The van der Waals surface area contributed by atoms with E-state index in [2.05, 4.69) is 10.0 Å². The first-order valence-corrected chi connectivity index (χ1v) is 10.2. The van der Waals surface area contributed by atoms with Crippen LogP contribution in [0.2, 0.25) is 0 Å². The summed E-state index contributed by atoms with van der Waals surface area (Å²) < 4.78 is 27.9. The van der Waals surface area contributed by atoms with Gasteiger partial charge in [-0.05, 0) is 51.7 Å². The number of nitrogens with one attached hydrogen (secondary N) is 2. The van der Waals surface area contributed by atoms with Crippen LogP contribution in [0, 0.1) is 5.92 Å². The van der Waals surface area contributed by atoms with Gasteiger partial charge in [-0.1, -0.05) is 24.6 Å². The van der Waals surface area contributed by atoms with Crippen molar-refractivity contribution >= 4 is 28.3 Å². The van der Waals surface area contributed by atoms with E-state index in [1.807, 2.05) is 0 Å². The molecule has 1 aliphatic carbocycles. The van der Waals surface area contributed by atoms with E-state index in [-0.39, 0.29) is 41.7 Å². The molecule has 0 aromatic heterocycles. The van der Waals surface area contributed by atoms with Gasteiger partial charge in [0.15, 0.2) is 0 Å². The van der Waals surface area contributed by atoms with Gasteiger partial charge in [0.2, 0.25) is 15.9 Å². The first kappa shape index (κ1) is 22.9. The fraction of sp³-hybridized carbons (Fsp3) is 0.611. The molecule has 0 spiro atoms. The third kappa shape index (κ3) is 6.54. The van der Waals surface area contributed by atoms with Crippen LogP contribution in [-0.2, 0) is 21.4 Å². The Balaban J connectivity index is 0.00000338. The second kappa shape index (κ2) is 9.17. The van der Waals surface area contributed by atoms with E-state index in [1.165, 1.54) is 0 Å². The monoisotopic (exact) mass is 403 g/mol. The first-order chi connectivity index (χ1) is 11.6. The van der Waals surface area contributed by atoms with Gasteiger partial charge in [-0.2, -0.15) is 0 Å². The highest BCUT2D eigenvalue weighted by atomic mass is 35.5. The molecular formula is C18H30ClN3O3S. The molecule has 1 fully saturated rings. The molecule has 0 aliphatic heterocycles. The van der Waals surface area contributed by atoms with Gasteiger partial charge < -0.3 is 11.1 Å². The molecule has 26 heavy (non-hydrogen) atoms. The van der Waals surface area contributed by atoms with Crippen molar-refractivity contribution < 1.29 is 13.2 Å². The third-order valence-electron chi connectivity index (χ3n) is 4.24. The van der Waals surface area contributed by atoms with Gasteiger partial charge in [0.1, 0.15) is 0 Å². The van der Waals surface area contributed by atoms with E-state index >= 15 is 0 Å². The van der Waals surface area contributed by atoms with Crippen molar-refractivity contribution in [3.63, 3.8) is 0 Å². The number of carbonyl (C=O) groups is 1. The molecule has 148 valence electrons. The zero-order valence-corrected chi connectivity index (χ0v) is 17.3. The predicted octanol–water partition coefficient (Wildman–Crippen LogP) is 2.32. The smallest absolute Gasteiger partial charge is 0.241 e. The molecule has 0 saturated heterocycles. The molecule has 0 radical (unpaired) electrons. The molecule has 2 rings (SSSR count). The summed E-state index contributed by atoms with van der Waals surface area (Å²) in [6, 6.07) is 6.82. The van der Waals surface area contributed by atoms with Gasteiger partial charge in [0, 0.05) is 24.0 Å². The van der Waals surface area contributed by atoms with E-state index in [4.69, 9.17) is 5.73 Å². The largest absolute Gasteiger partial charge is 0.352 e. The molecule has 1 saturated carbocycles. The highest BCUT2D eigenvalue weighted by Gasteiger charge is 2.27. The maximum absolute atomic E-state index is 12.6. The summed E-state index contributed by atoms with van der Waals surface area (Å²) in [5, 5.41) is 2.88. The fourth-order valence-electron chi connectivity index (χ4n) is 3.16. The van der Waals surface area contributed by atoms with E-state index < -0.39 is 15.6 Å². The molecule has 1 amide bonds. The summed E-state index contributed by atoms with van der Waals surface area (Å²) >= 11 is 0. The summed E-state index contributed by atoms with van der Waals surface area (Å²) in [6.07, 6.45) is 3.45. The molecule has 1 aliphatic rings. The standard InChI is InChI=1S/C18H29N3O3S.ClH/c1-18(2,3)21-25(23,24)16-10-5-4-7-14(16)12-20-17(22)13-8-6-9-15(19)11-13;/h4-5,7,10,13,15,21H,6,8-9,11-12,19H2,1-3H3,(H,20,22);1H. The summed E-state index contributed by atoms with van der Waals surface area (Å²) in [5.41, 5.74) is 5.94. The van der Waals surface area contributed by atoms with Crippen molar-refractivity contribution in [1.29, 1.82) is 0 Å². The number of sulfonamides is 1. The van der Waals surface area contributed by atoms with Crippen LogP contribution in [0.15, 0.2) is 29.2 Å². The average molecular weight is 404 g/mol. The molecular weight excluding hydrogens is 374 g/mol. The number of halogens is 1. The Kier molecular flexibility index (Phi) is 8.07. The lowest BCUT2D eigenvalue weighted by Gasteiger charge is -2.26. The average Bonchev–Trinajstić information content (AvgIpc) is 2.50. The summed E-state index contributed by atoms with van der Waals surface area (Å²) in [5.74, 6) is -0.133. The molecule has 2 atom stereocenters. The number of nitrogens with two attached hydrogens (primary N) is 1. The highest BCUT2D eigenvalue weighted by molar-refractivity contribution is 7.89. The lowest BCUT2D eigenvalue weighted by Crippen LogP contribution is -2.41. The summed E-state index contributed by atoms with van der Waals surface area (Å²) in [7, 11) is -3.65. The van der Waals surface area contributed by atoms with Crippen molar-refractivity contribution in [3.8, 4) is 0 Å². The van der Waals surface area contributed by atoms with E-state index in [1.54, 1.807) is 45.0 Å². The van der Waals surface area contributed by atoms with Crippen molar-refractivity contribution in [2.75, 3.05) is 0 Å². The van der Waals surface area contributed by atoms with Crippen LogP contribution in [-0.4, -0.2) is 25.9 Å². The van der Waals surface area contributed by atoms with Crippen molar-refractivity contribution in [1.82, 2.24) is 10.0 Å². The van der Waals surface area contributed by atoms with Crippen LogP contribution in [0.4, 0.5) is 0 Å². The van der Waals surface area contributed by atoms with Gasteiger partial charge in [-0.15, -0.1) is 12.4 Å². The topological polar surface area (TPSA) is 101 Å². The lowest BCUT2D eigenvalue weighted by molar-refractivity contribution is -0.126. The Morgan fingerprint density at radius 1 is 1.23 bits per heavy atom. The maximum atomic E-state index is 12.6. The minimum atomic E-state index is -3.65. The zero-order chi connectivity index (χ0) is 18.7. The number of amides is 1. The second-order valence-corrected chi connectivity index (χ2v) is 9.46. The van der Waals surface area contributed by atoms with Crippen LogP contribution in [0.5, 0.6) is 0 Å². The lowest BCUT2D eigenvalue weighted by atomic mass is 9.85. The Labute approximate surface area is 162 Å². The van der Waals surface area contributed by atoms with Crippen LogP contribution < -0.4 is 15.8 Å². The highest BCUT2D eigenvalue weighted by Crippen LogP contribution is 2.23. The summed E-state index contributed by atoms with van der Waals surface area (Å²) in [4.78, 5) is 12.6. The number of carbonyl (C=O) groups excluding carboxylic acids is 1. The van der Waals surface area contributed by atoms with Crippen molar-refractivity contribution in [2.24, 2.45) is 11.7 Å². The van der Waals surface area contributed by atoms with Crippen molar-refractivity contribution in [3.05, 3.63) is 29.8 Å². The molecule has 1 aromatic rings. The fourth-order valence-corrected chi connectivity index (χ4v) is 4.82. The Morgan fingerprint density at radius 2 is 1.88 bits per heavy atom. The SMILES string of the molecule is CC(C)(C)NS(=O)(=O)c1ccccc1CNC(=O)C1CCCC(N)C1.Cl. The number of benzene rings is 1. The molecule has 0 bridgehead atoms. The Bertz CT molecular complexity index is 717.